The fourth-order valence-electron chi connectivity index (χ4n) is 2.55. The zero-order chi connectivity index (χ0) is 16.8. The SMILES string of the molecule is COc1ccc(/C=C/C(=O)NC2CCN(C(C)=O)CC2)cc1F. The summed E-state index contributed by atoms with van der Waals surface area (Å²) in [4.78, 5) is 24.9. The molecule has 1 aromatic carbocycles. The van der Waals surface area contributed by atoms with Gasteiger partial charge in [0.2, 0.25) is 11.8 Å². The lowest BCUT2D eigenvalue weighted by atomic mass is 10.0. The molecule has 2 amide bonds. The highest BCUT2D eigenvalue weighted by Crippen LogP contribution is 2.18. The van der Waals surface area contributed by atoms with Gasteiger partial charge in [0.15, 0.2) is 11.6 Å². The van der Waals surface area contributed by atoms with Gasteiger partial charge in [0.25, 0.3) is 0 Å². The van der Waals surface area contributed by atoms with E-state index in [-0.39, 0.29) is 23.6 Å². The number of methoxy groups -OCH3 is 1. The van der Waals surface area contributed by atoms with E-state index in [1.807, 2.05) is 0 Å². The molecule has 1 aliphatic rings. The summed E-state index contributed by atoms with van der Waals surface area (Å²) in [6, 6.07) is 4.57. The maximum absolute atomic E-state index is 13.6. The van der Waals surface area contributed by atoms with E-state index in [1.54, 1.807) is 24.0 Å². The van der Waals surface area contributed by atoms with Crippen molar-refractivity contribution in [2.75, 3.05) is 20.2 Å². The van der Waals surface area contributed by atoms with Crippen molar-refractivity contribution < 1.29 is 18.7 Å². The van der Waals surface area contributed by atoms with Crippen molar-refractivity contribution in [1.82, 2.24) is 10.2 Å². The first-order valence-electron chi connectivity index (χ1n) is 7.57. The van der Waals surface area contributed by atoms with Gasteiger partial charge in [-0.15, -0.1) is 0 Å². The van der Waals surface area contributed by atoms with E-state index in [1.165, 1.54) is 25.3 Å². The van der Waals surface area contributed by atoms with Crippen LogP contribution in [0.1, 0.15) is 25.3 Å². The maximum Gasteiger partial charge on any atom is 0.244 e. The molecule has 0 radical (unpaired) electrons. The second-order valence-electron chi connectivity index (χ2n) is 5.52. The van der Waals surface area contributed by atoms with Crippen LogP contribution in [0.5, 0.6) is 5.75 Å². The Bertz CT molecular complexity index is 608. The van der Waals surface area contributed by atoms with E-state index in [4.69, 9.17) is 4.74 Å². The predicted molar refractivity (Wildman–Crippen MR) is 85.4 cm³/mol. The zero-order valence-electron chi connectivity index (χ0n) is 13.3. The molecule has 2 rings (SSSR count). The molecule has 0 unspecified atom stereocenters. The number of hydrogen-bond donors (Lipinski definition) is 1. The van der Waals surface area contributed by atoms with Crippen LogP contribution in [0.15, 0.2) is 24.3 Å². The van der Waals surface area contributed by atoms with E-state index in [2.05, 4.69) is 5.32 Å². The van der Waals surface area contributed by atoms with Gasteiger partial charge in [-0.2, -0.15) is 0 Å². The number of benzene rings is 1. The molecule has 0 aromatic heterocycles. The van der Waals surface area contributed by atoms with Crippen molar-refractivity contribution in [3.63, 3.8) is 0 Å². The Balaban J connectivity index is 1.85. The molecule has 1 aromatic rings. The third-order valence-electron chi connectivity index (χ3n) is 3.89. The van der Waals surface area contributed by atoms with Crippen LogP contribution in [0.4, 0.5) is 4.39 Å². The molecule has 23 heavy (non-hydrogen) atoms. The van der Waals surface area contributed by atoms with Crippen LogP contribution in [0, 0.1) is 5.82 Å². The number of carbonyl (C=O) groups is 2. The third kappa shape index (κ3) is 4.81. The molecule has 1 N–H and O–H groups in total. The van der Waals surface area contributed by atoms with E-state index < -0.39 is 5.82 Å². The number of ether oxygens (including phenoxy) is 1. The molecule has 0 spiro atoms. The molecule has 6 heteroatoms. The summed E-state index contributed by atoms with van der Waals surface area (Å²) in [6.07, 6.45) is 4.44. The first kappa shape index (κ1) is 17.0. The van der Waals surface area contributed by atoms with Gasteiger partial charge in [-0.3, -0.25) is 9.59 Å². The van der Waals surface area contributed by atoms with Crippen molar-refractivity contribution in [1.29, 1.82) is 0 Å². The Morgan fingerprint density at radius 1 is 1.35 bits per heavy atom. The first-order valence-corrected chi connectivity index (χ1v) is 7.57. The summed E-state index contributed by atoms with van der Waals surface area (Å²) >= 11 is 0. The lowest BCUT2D eigenvalue weighted by Crippen LogP contribution is -2.45. The smallest absolute Gasteiger partial charge is 0.244 e. The van der Waals surface area contributed by atoms with Crippen LogP contribution < -0.4 is 10.1 Å². The second-order valence-corrected chi connectivity index (χ2v) is 5.52. The first-order chi connectivity index (χ1) is 11.0. The molecule has 1 heterocycles. The van der Waals surface area contributed by atoms with Gasteiger partial charge in [-0.25, -0.2) is 4.39 Å². The quantitative estimate of drug-likeness (QED) is 0.863. The molecule has 5 nitrogen and oxygen atoms in total. The lowest BCUT2D eigenvalue weighted by Gasteiger charge is -2.31. The molecule has 124 valence electrons. The second kappa shape index (κ2) is 7.76. The molecule has 1 saturated heterocycles. The molecule has 1 fully saturated rings. The van der Waals surface area contributed by atoms with Crippen molar-refractivity contribution in [3.8, 4) is 5.75 Å². The van der Waals surface area contributed by atoms with E-state index in [9.17, 15) is 14.0 Å². The molecule has 0 bridgehead atoms. The molecular formula is C17H21FN2O3. The molecule has 0 atom stereocenters. The number of piperidine rings is 1. The average Bonchev–Trinajstić information content (AvgIpc) is 2.53. The highest BCUT2D eigenvalue weighted by molar-refractivity contribution is 5.91. The minimum absolute atomic E-state index is 0.0651. The summed E-state index contributed by atoms with van der Waals surface area (Å²) in [5, 5.41) is 2.90. The van der Waals surface area contributed by atoms with Crippen LogP contribution >= 0.6 is 0 Å². The number of nitrogens with one attached hydrogen (secondary N) is 1. The number of amides is 2. The van der Waals surface area contributed by atoms with Crippen molar-refractivity contribution in [2.24, 2.45) is 0 Å². The van der Waals surface area contributed by atoms with Crippen LogP contribution in [-0.4, -0.2) is 43.0 Å². The lowest BCUT2D eigenvalue weighted by molar-refractivity contribution is -0.129. The topological polar surface area (TPSA) is 58.6 Å². The number of likely N-dealkylation sites (tertiary alicyclic amines) is 1. The molecular weight excluding hydrogens is 299 g/mol. The molecule has 1 aliphatic heterocycles. The normalized spacial score (nSPS) is 15.7. The molecule has 0 aliphatic carbocycles. The van der Waals surface area contributed by atoms with Gasteiger partial charge in [-0.1, -0.05) is 6.07 Å². The Morgan fingerprint density at radius 2 is 2.04 bits per heavy atom. The van der Waals surface area contributed by atoms with Crippen LogP contribution in [0.3, 0.4) is 0 Å². The third-order valence-corrected chi connectivity index (χ3v) is 3.89. The van der Waals surface area contributed by atoms with Gasteiger partial charge in [0, 0.05) is 32.1 Å². The number of nitrogens with zero attached hydrogens (tertiary/aromatic N) is 1. The van der Waals surface area contributed by atoms with E-state index >= 15 is 0 Å². The van der Waals surface area contributed by atoms with Gasteiger partial charge in [0.1, 0.15) is 0 Å². The minimum atomic E-state index is -0.466. The Kier molecular flexibility index (Phi) is 5.73. The summed E-state index contributed by atoms with van der Waals surface area (Å²) in [7, 11) is 1.40. The maximum atomic E-state index is 13.6. The van der Waals surface area contributed by atoms with Crippen LogP contribution in [0.25, 0.3) is 6.08 Å². The van der Waals surface area contributed by atoms with Crippen molar-refractivity contribution in [3.05, 3.63) is 35.7 Å². The van der Waals surface area contributed by atoms with Crippen molar-refractivity contribution in [2.45, 2.75) is 25.8 Å². The monoisotopic (exact) mass is 320 g/mol. The Labute approximate surface area is 135 Å². The van der Waals surface area contributed by atoms with E-state index in [0.29, 0.717) is 18.7 Å². The summed E-state index contributed by atoms with van der Waals surface area (Å²) < 4.78 is 18.4. The summed E-state index contributed by atoms with van der Waals surface area (Å²) in [5.41, 5.74) is 0.588. The number of carbonyl (C=O) groups excluding carboxylic acids is 2. The van der Waals surface area contributed by atoms with Gasteiger partial charge in [0.05, 0.1) is 7.11 Å². The van der Waals surface area contributed by atoms with Gasteiger partial charge >= 0.3 is 0 Å². The fraction of sp³-hybridized carbons (Fsp3) is 0.412. The number of halogens is 1. The average molecular weight is 320 g/mol. The predicted octanol–water partition coefficient (Wildman–Crippen LogP) is 1.97. The fourth-order valence-corrected chi connectivity index (χ4v) is 2.55. The summed E-state index contributed by atoms with van der Waals surface area (Å²) in [5.74, 6) is -0.450. The van der Waals surface area contributed by atoms with Crippen LogP contribution in [-0.2, 0) is 9.59 Å². The van der Waals surface area contributed by atoms with Crippen molar-refractivity contribution >= 4 is 17.9 Å². The number of rotatable bonds is 4. The van der Waals surface area contributed by atoms with Crippen LogP contribution in [0.2, 0.25) is 0 Å². The van der Waals surface area contributed by atoms with E-state index in [0.717, 1.165) is 12.8 Å². The largest absolute Gasteiger partial charge is 0.494 e. The molecule has 0 saturated carbocycles. The Morgan fingerprint density at radius 3 is 2.61 bits per heavy atom. The highest BCUT2D eigenvalue weighted by atomic mass is 19.1. The Hall–Kier alpha value is -2.37. The number of hydrogen-bond acceptors (Lipinski definition) is 3. The highest BCUT2D eigenvalue weighted by Gasteiger charge is 2.21. The standard InChI is InChI=1S/C17H21FN2O3/c1-12(21)20-9-7-14(8-10-20)19-17(22)6-4-13-3-5-16(23-2)15(18)11-13/h3-6,11,14H,7-10H2,1-2H3,(H,19,22)/b6-4+. The zero-order valence-corrected chi connectivity index (χ0v) is 13.3. The summed E-state index contributed by atoms with van der Waals surface area (Å²) in [6.45, 7) is 2.87. The minimum Gasteiger partial charge on any atom is -0.494 e. The van der Waals surface area contributed by atoms with Gasteiger partial charge < -0.3 is 15.0 Å². The van der Waals surface area contributed by atoms with Gasteiger partial charge in [-0.05, 0) is 36.6 Å².